The van der Waals surface area contributed by atoms with Crippen LogP contribution in [0, 0.1) is 11.8 Å². The zero-order valence-corrected chi connectivity index (χ0v) is 11.5. The molecule has 3 nitrogen and oxygen atoms in total. The van der Waals surface area contributed by atoms with Crippen molar-refractivity contribution in [2.24, 2.45) is 17.6 Å². The molecule has 1 atom stereocenters. The molecule has 0 radical (unpaired) electrons. The van der Waals surface area contributed by atoms with Gasteiger partial charge in [-0.1, -0.05) is 37.0 Å². The lowest BCUT2D eigenvalue weighted by atomic mass is 9.96. The molecular weight excluding hydrogens is 259 g/mol. The van der Waals surface area contributed by atoms with Crippen molar-refractivity contribution in [3.8, 4) is 5.75 Å². The van der Waals surface area contributed by atoms with Crippen molar-refractivity contribution in [3.63, 3.8) is 0 Å². The monoisotopic (exact) mass is 276 g/mol. The van der Waals surface area contributed by atoms with Crippen LogP contribution in [-0.4, -0.2) is 18.2 Å². The average Bonchev–Trinajstić information content (AvgIpc) is 2.26. The summed E-state index contributed by atoms with van der Waals surface area (Å²) >= 11 is 11.7. The quantitative estimate of drug-likeness (QED) is 0.723. The number of rotatable bonds is 5. The second kappa shape index (κ2) is 6.34. The van der Waals surface area contributed by atoms with E-state index in [4.69, 9.17) is 28.9 Å². The minimum atomic E-state index is -0.0851. The zero-order chi connectivity index (χ0) is 13.0. The Morgan fingerprint density at radius 3 is 2.24 bits per heavy atom. The fourth-order valence-corrected chi connectivity index (χ4v) is 1.99. The van der Waals surface area contributed by atoms with Gasteiger partial charge in [0.1, 0.15) is 0 Å². The van der Waals surface area contributed by atoms with Crippen LogP contribution in [0.25, 0.3) is 0 Å². The van der Waals surface area contributed by atoms with E-state index in [9.17, 15) is 5.11 Å². The third kappa shape index (κ3) is 3.95. The molecule has 0 aromatic heterocycles. The lowest BCUT2D eigenvalue weighted by Gasteiger charge is -2.20. The van der Waals surface area contributed by atoms with Gasteiger partial charge in [0, 0.05) is 12.2 Å². The maximum Gasteiger partial charge on any atom is 0.152 e. The van der Waals surface area contributed by atoms with Gasteiger partial charge in [0.25, 0.3) is 0 Å². The summed E-state index contributed by atoms with van der Waals surface area (Å²) in [4.78, 5) is 0. The van der Waals surface area contributed by atoms with E-state index in [2.05, 4.69) is 19.2 Å². The zero-order valence-electron chi connectivity index (χ0n) is 10.0. The van der Waals surface area contributed by atoms with Gasteiger partial charge in [-0.25, -0.2) is 0 Å². The van der Waals surface area contributed by atoms with Gasteiger partial charge in [-0.2, -0.15) is 0 Å². The minimum Gasteiger partial charge on any atom is -0.505 e. The molecule has 4 N–H and O–H groups in total. The molecule has 1 rings (SSSR count). The largest absolute Gasteiger partial charge is 0.505 e. The van der Waals surface area contributed by atoms with Crippen LogP contribution in [0.3, 0.4) is 0 Å². The molecule has 0 spiro atoms. The molecule has 5 heteroatoms. The molecule has 0 saturated heterocycles. The summed E-state index contributed by atoms with van der Waals surface area (Å²) in [5.41, 5.74) is 6.48. The third-order valence-corrected chi connectivity index (χ3v) is 3.41. The standard InChI is InChI=1S/C12H18Cl2N2O/c1-7(2)8(5-15)6-16-9-3-10(13)12(17)11(14)4-9/h3-4,7-8,16-17H,5-6,15H2,1-2H3. The summed E-state index contributed by atoms with van der Waals surface area (Å²) in [5, 5.41) is 13.1. The second-order valence-electron chi connectivity index (χ2n) is 4.41. The predicted molar refractivity (Wildman–Crippen MR) is 74.0 cm³/mol. The van der Waals surface area contributed by atoms with Gasteiger partial charge < -0.3 is 16.2 Å². The van der Waals surface area contributed by atoms with Crippen molar-refractivity contribution in [1.29, 1.82) is 0 Å². The van der Waals surface area contributed by atoms with Gasteiger partial charge in [0.2, 0.25) is 0 Å². The van der Waals surface area contributed by atoms with E-state index in [0.29, 0.717) is 18.4 Å². The highest BCUT2D eigenvalue weighted by Crippen LogP contribution is 2.34. The van der Waals surface area contributed by atoms with Crippen molar-refractivity contribution in [2.75, 3.05) is 18.4 Å². The molecule has 0 heterocycles. The van der Waals surface area contributed by atoms with E-state index in [1.807, 2.05) is 0 Å². The Morgan fingerprint density at radius 1 is 1.29 bits per heavy atom. The predicted octanol–water partition coefficient (Wildman–Crippen LogP) is 3.34. The van der Waals surface area contributed by atoms with Crippen molar-refractivity contribution < 1.29 is 5.11 Å². The summed E-state index contributed by atoms with van der Waals surface area (Å²) in [6, 6.07) is 3.30. The van der Waals surface area contributed by atoms with E-state index in [1.54, 1.807) is 12.1 Å². The maximum absolute atomic E-state index is 9.43. The normalized spacial score (nSPS) is 12.8. The summed E-state index contributed by atoms with van der Waals surface area (Å²) in [5.74, 6) is 0.815. The van der Waals surface area contributed by atoms with Crippen LogP contribution in [-0.2, 0) is 0 Å². The van der Waals surface area contributed by atoms with Gasteiger partial charge >= 0.3 is 0 Å². The first-order chi connectivity index (χ1) is 7.95. The van der Waals surface area contributed by atoms with Crippen LogP contribution in [0.5, 0.6) is 5.75 Å². The molecule has 0 bridgehead atoms. The van der Waals surface area contributed by atoms with Crippen molar-refractivity contribution in [1.82, 2.24) is 0 Å². The SMILES string of the molecule is CC(C)C(CN)CNc1cc(Cl)c(O)c(Cl)c1. The summed E-state index contributed by atoms with van der Waals surface area (Å²) in [6.45, 7) is 5.65. The first-order valence-electron chi connectivity index (χ1n) is 5.57. The summed E-state index contributed by atoms with van der Waals surface area (Å²) in [7, 11) is 0. The minimum absolute atomic E-state index is 0.0851. The Morgan fingerprint density at radius 2 is 1.82 bits per heavy atom. The molecule has 1 aromatic rings. The molecular formula is C12H18Cl2N2O. The highest BCUT2D eigenvalue weighted by molar-refractivity contribution is 6.37. The van der Waals surface area contributed by atoms with Crippen LogP contribution in [0.4, 0.5) is 5.69 Å². The van der Waals surface area contributed by atoms with E-state index in [-0.39, 0.29) is 15.8 Å². The topological polar surface area (TPSA) is 58.3 Å². The Balaban J connectivity index is 2.69. The Hall–Kier alpha value is -0.640. The number of aromatic hydroxyl groups is 1. The van der Waals surface area contributed by atoms with Gasteiger partial charge in [0.15, 0.2) is 5.75 Å². The first kappa shape index (κ1) is 14.4. The van der Waals surface area contributed by atoms with Crippen LogP contribution in [0.1, 0.15) is 13.8 Å². The number of halogens is 2. The molecule has 0 aliphatic rings. The van der Waals surface area contributed by atoms with Gasteiger partial charge in [-0.3, -0.25) is 0 Å². The lowest BCUT2D eigenvalue weighted by Crippen LogP contribution is -2.27. The van der Waals surface area contributed by atoms with Crippen LogP contribution >= 0.6 is 23.2 Å². The van der Waals surface area contributed by atoms with Crippen molar-refractivity contribution in [2.45, 2.75) is 13.8 Å². The van der Waals surface area contributed by atoms with Crippen molar-refractivity contribution >= 4 is 28.9 Å². The fraction of sp³-hybridized carbons (Fsp3) is 0.500. The van der Waals surface area contributed by atoms with Crippen LogP contribution in [0.2, 0.25) is 10.0 Å². The number of phenols is 1. The third-order valence-electron chi connectivity index (χ3n) is 2.83. The number of nitrogens with two attached hydrogens (primary N) is 1. The molecule has 96 valence electrons. The van der Waals surface area contributed by atoms with E-state index in [1.165, 1.54) is 0 Å². The highest BCUT2D eigenvalue weighted by Gasteiger charge is 2.12. The Labute approximate surface area is 112 Å². The van der Waals surface area contributed by atoms with Crippen LogP contribution in [0.15, 0.2) is 12.1 Å². The molecule has 17 heavy (non-hydrogen) atoms. The van der Waals surface area contributed by atoms with Crippen molar-refractivity contribution in [3.05, 3.63) is 22.2 Å². The summed E-state index contributed by atoms with van der Waals surface area (Å²) < 4.78 is 0. The molecule has 1 aromatic carbocycles. The van der Waals surface area contributed by atoms with Gasteiger partial charge in [0.05, 0.1) is 10.0 Å². The van der Waals surface area contributed by atoms with E-state index in [0.717, 1.165) is 12.2 Å². The number of anilines is 1. The lowest BCUT2D eigenvalue weighted by molar-refractivity contribution is 0.413. The summed E-state index contributed by atoms with van der Waals surface area (Å²) in [6.07, 6.45) is 0. The van der Waals surface area contributed by atoms with Gasteiger partial charge in [-0.05, 0) is 30.5 Å². The number of benzene rings is 1. The van der Waals surface area contributed by atoms with E-state index < -0.39 is 0 Å². The molecule has 0 aliphatic carbocycles. The van der Waals surface area contributed by atoms with Crippen LogP contribution < -0.4 is 11.1 Å². The molecule has 1 unspecified atom stereocenters. The number of nitrogens with one attached hydrogen (secondary N) is 1. The second-order valence-corrected chi connectivity index (χ2v) is 5.22. The Bertz CT molecular complexity index is 360. The van der Waals surface area contributed by atoms with E-state index >= 15 is 0 Å². The molecule has 0 amide bonds. The highest BCUT2D eigenvalue weighted by atomic mass is 35.5. The fourth-order valence-electron chi connectivity index (χ4n) is 1.51. The average molecular weight is 277 g/mol. The number of hydrogen-bond donors (Lipinski definition) is 3. The maximum atomic E-state index is 9.43. The van der Waals surface area contributed by atoms with Gasteiger partial charge in [-0.15, -0.1) is 0 Å². The molecule has 0 aliphatic heterocycles. The first-order valence-corrected chi connectivity index (χ1v) is 6.33. The molecule has 0 fully saturated rings. The Kier molecular flexibility index (Phi) is 5.37. The molecule has 0 saturated carbocycles. The number of phenolic OH excluding ortho intramolecular Hbond substituents is 1. The number of hydrogen-bond acceptors (Lipinski definition) is 3. The smallest absolute Gasteiger partial charge is 0.152 e.